The summed E-state index contributed by atoms with van der Waals surface area (Å²) in [4.78, 5) is 19.9. The van der Waals surface area contributed by atoms with Crippen molar-refractivity contribution in [2.75, 3.05) is 31.6 Å². The van der Waals surface area contributed by atoms with Crippen LogP contribution < -0.4 is 5.32 Å². The summed E-state index contributed by atoms with van der Waals surface area (Å²) in [5, 5.41) is 13.0. The third kappa shape index (κ3) is 5.00. The van der Waals surface area contributed by atoms with Crippen molar-refractivity contribution < 1.29 is 9.53 Å². The van der Waals surface area contributed by atoms with Crippen LogP contribution in [0.4, 0.5) is 5.69 Å². The number of amides is 1. The van der Waals surface area contributed by atoms with E-state index in [2.05, 4.69) is 21.3 Å². The molecule has 7 nitrogen and oxygen atoms in total. The van der Waals surface area contributed by atoms with E-state index < -0.39 is 5.41 Å². The second kappa shape index (κ2) is 10.0. The summed E-state index contributed by atoms with van der Waals surface area (Å²) in [6.45, 7) is 5.60. The Bertz CT molecular complexity index is 1200. The molecule has 0 bridgehead atoms. The number of ether oxygens (including phenoxy) is 1. The van der Waals surface area contributed by atoms with Crippen molar-refractivity contribution in [3.8, 4) is 11.8 Å². The minimum atomic E-state index is -0.559. The summed E-state index contributed by atoms with van der Waals surface area (Å²) >= 11 is 0. The first-order valence-corrected chi connectivity index (χ1v) is 12.3. The quantitative estimate of drug-likeness (QED) is 0.596. The van der Waals surface area contributed by atoms with Gasteiger partial charge in [0, 0.05) is 37.2 Å². The highest BCUT2D eigenvalue weighted by Gasteiger charge is 2.40. The number of nitrogens with one attached hydrogen (secondary N) is 1. The van der Waals surface area contributed by atoms with E-state index in [1.54, 1.807) is 12.3 Å². The summed E-state index contributed by atoms with van der Waals surface area (Å²) in [5.74, 6) is -0.188. The zero-order valence-corrected chi connectivity index (χ0v) is 20.1. The van der Waals surface area contributed by atoms with Crippen molar-refractivity contribution in [3.05, 3.63) is 77.9 Å². The van der Waals surface area contributed by atoms with Crippen LogP contribution in [0.25, 0.3) is 5.69 Å². The van der Waals surface area contributed by atoms with E-state index in [4.69, 9.17) is 4.74 Å². The Kier molecular flexibility index (Phi) is 6.67. The number of nitriles is 1. The molecule has 180 valence electrons. The van der Waals surface area contributed by atoms with Gasteiger partial charge in [-0.2, -0.15) is 5.26 Å². The molecule has 1 aliphatic heterocycles. The Balaban J connectivity index is 1.22. The zero-order valence-electron chi connectivity index (χ0n) is 20.1. The van der Waals surface area contributed by atoms with E-state index in [0.29, 0.717) is 17.3 Å². The fraction of sp³-hybridized carbons (Fsp3) is 0.393. The lowest BCUT2D eigenvalue weighted by Gasteiger charge is -2.41. The number of carbonyl (C=O) groups is 1. The minimum Gasteiger partial charge on any atom is -0.379 e. The molecule has 0 radical (unpaired) electrons. The van der Waals surface area contributed by atoms with Gasteiger partial charge in [0.05, 0.1) is 47.8 Å². The predicted molar refractivity (Wildman–Crippen MR) is 135 cm³/mol. The van der Waals surface area contributed by atoms with Crippen LogP contribution in [0.3, 0.4) is 0 Å². The molecule has 0 spiro atoms. The lowest BCUT2D eigenvalue weighted by Crippen LogP contribution is -2.47. The molecule has 2 fully saturated rings. The van der Waals surface area contributed by atoms with Gasteiger partial charge in [-0.1, -0.05) is 17.7 Å². The average Bonchev–Trinajstić information content (AvgIpc) is 3.41. The maximum atomic E-state index is 12.8. The highest BCUT2D eigenvalue weighted by Crippen LogP contribution is 2.40. The molecule has 1 saturated carbocycles. The van der Waals surface area contributed by atoms with Gasteiger partial charge in [-0.25, -0.2) is 0 Å². The number of aromatic nitrogens is 2. The summed E-state index contributed by atoms with van der Waals surface area (Å²) in [7, 11) is 0. The number of pyridine rings is 1. The number of carbonyl (C=O) groups excluding carboxylic acids is 1. The fourth-order valence-corrected chi connectivity index (χ4v) is 5.19. The Morgan fingerprint density at radius 3 is 2.51 bits per heavy atom. The lowest BCUT2D eigenvalue weighted by molar-refractivity contribution is 0.00493. The van der Waals surface area contributed by atoms with E-state index >= 15 is 0 Å². The van der Waals surface area contributed by atoms with E-state index in [1.807, 2.05) is 60.3 Å². The molecule has 3 aromatic rings. The fourth-order valence-electron chi connectivity index (χ4n) is 5.19. The molecule has 0 atom stereocenters. The molecule has 2 aliphatic rings. The molecule has 35 heavy (non-hydrogen) atoms. The van der Waals surface area contributed by atoms with Gasteiger partial charge in [-0.15, -0.1) is 0 Å². The molecule has 0 unspecified atom stereocenters. The number of anilines is 1. The highest BCUT2D eigenvalue weighted by atomic mass is 16.5. The van der Waals surface area contributed by atoms with Crippen molar-refractivity contribution in [3.63, 3.8) is 0 Å². The molecule has 1 N–H and O–H groups in total. The van der Waals surface area contributed by atoms with Gasteiger partial charge in [0.15, 0.2) is 0 Å². The van der Waals surface area contributed by atoms with Crippen LogP contribution in [0.5, 0.6) is 0 Å². The maximum absolute atomic E-state index is 12.8. The minimum absolute atomic E-state index is 0.188. The Labute approximate surface area is 206 Å². The van der Waals surface area contributed by atoms with Gasteiger partial charge in [-0.05, 0) is 62.9 Å². The Hall–Kier alpha value is -3.47. The maximum Gasteiger partial charge on any atom is 0.257 e. The van der Waals surface area contributed by atoms with Crippen LogP contribution in [-0.2, 0) is 10.2 Å². The SMILES string of the molecule is Cc1ccc(-n2ccc(C(=O)Nc3ccc(C4(C#N)CCC(N5CCOCC5)CC4)nc3)c2)cc1. The first kappa shape index (κ1) is 23.3. The van der Waals surface area contributed by atoms with E-state index in [0.717, 1.165) is 63.4 Å². The van der Waals surface area contributed by atoms with Crippen LogP contribution in [0.15, 0.2) is 61.1 Å². The molecular formula is C28H31N5O2. The van der Waals surface area contributed by atoms with E-state index in [-0.39, 0.29) is 5.91 Å². The number of aryl methyl sites for hydroxylation is 1. The van der Waals surface area contributed by atoms with Crippen LogP contribution >= 0.6 is 0 Å². The topological polar surface area (TPSA) is 83.2 Å². The van der Waals surface area contributed by atoms with Crippen molar-refractivity contribution in [2.24, 2.45) is 0 Å². The van der Waals surface area contributed by atoms with Gasteiger partial charge in [0.25, 0.3) is 5.91 Å². The second-order valence-electron chi connectivity index (χ2n) is 9.60. The molecule has 1 aromatic carbocycles. The molecule has 1 saturated heterocycles. The van der Waals surface area contributed by atoms with Crippen molar-refractivity contribution in [1.29, 1.82) is 5.26 Å². The summed E-state index contributed by atoms with van der Waals surface area (Å²) in [6, 6.07) is 16.8. The standard InChI is InChI=1S/C28H31N5O2/c1-21-2-5-24(6-3-21)33-13-10-22(19-33)27(34)31-23-4-7-26(30-18-23)28(20-29)11-8-25(9-12-28)32-14-16-35-17-15-32/h2-7,10,13,18-19,25H,8-9,11-12,14-17H2,1H3,(H,31,34). The number of rotatable bonds is 5. The van der Waals surface area contributed by atoms with Gasteiger partial charge >= 0.3 is 0 Å². The summed E-state index contributed by atoms with van der Waals surface area (Å²) in [5.41, 5.74) is 3.63. The number of nitrogens with zero attached hydrogens (tertiary/aromatic N) is 4. The van der Waals surface area contributed by atoms with Gasteiger partial charge < -0.3 is 14.6 Å². The second-order valence-corrected chi connectivity index (χ2v) is 9.60. The number of hydrogen-bond donors (Lipinski definition) is 1. The molecule has 2 aromatic heterocycles. The van der Waals surface area contributed by atoms with E-state index in [1.165, 1.54) is 5.56 Å². The highest BCUT2D eigenvalue weighted by molar-refractivity contribution is 6.04. The Morgan fingerprint density at radius 2 is 1.86 bits per heavy atom. The van der Waals surface area contributed by atoms with Gasteiger partial charge in [0.2, 0.25) is 0 Å². The van der Waals surface area contributed by atoms with Crippen LogP contribution in [0.2, 0.25) is 0 Å². The first-order valence-electron chi connectivity index (χ1n) is 12.3. The van der Waals surface area contributed by atoms with Crippen molar-refractivity contribution >= 4 is 11.6 Å². The molecule has 3 heterocycles. The number of morpholine rings is 1. The summed E-state index contributed by atoms with van der Waals surface area (Å²) in [6.07, 6.45) is 8.95. The van der Waals surface area contributed by atoms with E-state index in [9.17, 15) is 10.1 Å². The van der Waals surface area contributed by atoms with Crippen LogP contribution in [0.1, 0.15) is 47.3 Å². The van der Waals surface area contributed by atoms with Crippen molar-refractivity contribution in [1.82, 2.24) is 14.5 Å². The third-order valence-electron chi connectivity index (χ3n) is 7.38. The van der Waals surface area contributed by atoms with Crippen LogP contribution in [-0.4, -0.2) is 52.7 Å². The lowest BCUT2D eigenvalue weighted by atomic mass is 9.71. The predicted octanol–water partition coefficient (Wildman–Crippen LogP) is 4.47. The average molecular weight is 470 g/mol. The largest absolute Gasteiger partial charge is 0.379 e. The third-order valence-corrected chi connectivity index (χ3v) is 7.38. The monoisotopic (exact) mass is 469 g/mol. The molecule has 1 amide bonds. The van der Waals surface area contributed by atoms with Crippen molar-refractivity contribution in [2.45, 2.75) is 44.1 Å². The smallest absolute Gasteiger partial charge is 0.257 e. The normalized spacial score (nSPS) is 22.9. The number of hydrogen-bond acceptors (Lipinski definition) is 5. The molecule has 7 heteroatoms. The molecule has 1 aliphatic carbocycles. The summed E-state index contributed by atoms with van der Waals surface area (Å²) < 4.78 is 7.41. The first-order chi connectivity index (χ1) is 17.1. The van der Waals surface area contributed by atoms with Gasteiger partial charge in [0.1, 0.15) is 0 Å². The zero-order chi connectivity index (χ0) is 24.3. The Morgan fingerprint density at radius 1 is 1.11 bits per heavy atom. The van der Waals surface area contributed by atoms with Crippen LogP contribution in [0, 0.1) is 18.3 Å². The molecular weight excluding hydrogens is 438 g/mol. The molecule has 5 rings (SSSR count). The van der Waals surface area contributed by atoms with Gasteiger partial charge in [-0.3, -0.25) is 14.7 Å². The number of benzene rings is 1.